The maximum atomic E-state index is 13.9. The van der Waals surface area contributed by atoms with E-state index in [1.165, 1.54) is 11.1 Å². The maximum Gasteiger partial charge on any atom is 0.534 e. The molecule has 8 atom stereocenters. The van der Waals surface area contributed by atoms with Crippen LogP contribution in [0.25, 0.3) is 0 Å². The average molecular weight is 951 g/mol. The van der Waals surface area contributed by atoms with Crippen LogP contribution in [-0.4, -0.2) is 83.6 Å². The lowest BCUT2D eigenvalue weighted by Crippen LogP contribution is -2.62. The zero-order chi connectivity index (χ0) is 47.4. The van der Waals surface area contributed by atoms with Crippen LogP contribution in [-0.2, 0) is 40.3 Å². The average Bonchev–Trinajstić information content (AvgIpc) is 3.57. The van der Waals surface area contributed by atoms with Gasteiger partial charge < -0.3 is 19.1 Å². The Balaban J connectivity index is 0.00000311. The largest absolute Gasteiger partial charge is 0.534 e. The van der Waals surface area contributed by atoms with Crippen molar-refractivity contribution in [1.29, 1.82) is 0 Å². The molecule has 1 aromatic rings. The van der Waals surface area contributed by atoms with E-state index in [4.69, 9.17) is 8.92 Å². The van der Waals surface area contributed by atoms with Gasteiger partial charge in [-0.2, -0.15) is 21.6 Å². The summed E-state index contributed by atoms with van der Waals surface area (Å²) in [5.74, 6) is 0.544. The Morgan fingerprint density at radius 2 is 1.62 bits per heavy atom. The standard InChI is InChI=1S/C49H67F3N2O7S2.CH3F/c1-32(2)42-39(61-63(58,59)49(50,51)52)30-48(53-24-25-54-26-28-62(56,57)29-27-54)23-19-38-36(43(42)48)16-17-41-46(38,5)22-20-40-45(3,4)37(18-21-47(40,41)6)34-12-14-35(15-13-34)44(55)60-31-33-10-8-7-9-11-33;1-2/h7-12,18,30,32,35-36,38,40-41,53H,13-17,19-29,31H2,1-6H3;1H3. The number of carbonyl (C=O) groups excluding carboxylic acids is 1. The summed E-state index contributed by atoms with van der Waals surface area (Å²) in [6, 6.07) is 9.78. The summed E-state index contributed by atoms with van der Waals surface area (Å²) in [4.78, 5) is 15.2. The minimum atomic E-state index is -5.92. The summed E-state index contributed by atoms with van der Waals surface area (Å²) in [5, 5.41) is 3.72. The van der Waals surface area contributed by atoms with Crippen molar-refractivity contribution in [2.75, 3.05) is 44.9 Å². The van der Waals surface area contributed by atoms with Gasteiger partial charge in [-0.05, 0) is 144 Å². The van der Waals surface area contributed by atoms with Gasteiger partial charge in [-0.15, -0.1) is 0 Å². The molecule has 7 aliphatic rings. The van der Waals surface area contributed by atoms with Crippen LogP contribution < -0.4 is 5.32 Å². The molecule has 8 rings (SSSR count). The quantitative estimate of drug-likeness (QED) is 0.100. The molecule has 1 saturated heterocycles. The van der Waals surface area contributed by atoms with Gasteiger partial charge in [0.2, 0.25) is 0 Å². The van der Waals surface area contributed by atoms with Gasteiger partial charge in [0.05, 0.1) is 30.1 Å². The fourth-order valence-electron chi connectivity index (χ4n) is 14.2. The highest BCUT2D eigenvalue weighted by Gasteiger charge is 2.65. The number of fused-ring (bicyclic) bond motifs is 7. The van der Waals surface area contributed by atoms with Gasteiger partial charge in [0.1, 0.15) is 12.4 Å². The third-order valence-electron chi connectivity index (χ3n) is 17.1. The second kappa shape index (κ2) is 18.5. The van der Waals surface area contributed by atoms with Gasteiger partial charge in [0, 0.05) is 26.2 Å². The number of halogens is 4. The molecule has 0 aromatic heterocycles. The van der Waals surface area contributed by atoms with Crippen molar-refractivity contribution >= 4 is 25.9 Å². The van der Waals surface area contributed by atoms with E-state index in [0.29, 0.717) is 63.6 Å². The van der Waals surface area contributed by atoms with Crippen molar-refractivity contribution in [3.05, 3.63) is 82.2 Å². The molecule has 0 amide bonds. The third kappa shape index (κ3) is 9.31. The van der Waals surface area contributed by atoms with E-state index in [1.807, 2.05) is 44.2 Å². The van der Waals surface area contributed by atoms with E-state index >= 15 is 0 Å². The fourth-order valence-corrected chi connectivity index (χ4v) is 16.0. The number of carbonyl (C=O) groups is 1. The Kier molecular flexibility index (Phi) is 14.2. The minimum absolute atomic E-state index is 0.0247. The van der Waals surface area contributed by atoms with E-state index in [-0.39, 0.29) is 69.8 Å². The van der Waals surface area contributed by atoms with E-state index in [9.17, 15) is 39.2 Å². The first-order valence-electron chi connectivity index (χ1n) is 23.7. The summed E-state index contributed by atoms with van der Waals surface area (Å²) in [6.45, 7) is 15.8. The van der Waals surface area contributed by atoms with Gasteiger partial charge in [-0.25, -0.2) is 8.42 Å². The van der Waals surface area contributed by atoms with Crippen LogP contribution >= 0.6 is 0 Å². The minimum Gasteiger partial charge on any atom is -0.461 e. The van der Waals surface area contributed by atoms with Crippen molar-refractivity contribution < 1.29 is 48.1 Å². The van der Waals surface area contributed by atoms with Gasteiger partial charge in [0.25, 0.3) is 0 Å². The van der Waals surface area contributed by atoms with Crippen LogP contribution in [0.5, 0.6) is 0 Å². The molecular weight excluding hydrogens is 881 g/mol. The maximum absolute atomic E-state index is 13.9. The summed E-state index contributed by atoms with van der Waals surface area (Å²) >= 11 is 0. The van der Waals surface area contributed by atoms with Crippen molar-refractivity contribution in [2.45, 2.75) is 123 Å². The zero-order valence-electron chi connectivity index (χ0n) is 39.2. The first kappa shape index (κ1) is 49.9. The van der Waals surface area contributed by atoms with Crippen LogP contribution in [0, 0.1) is 51.8 Å². The molecule has 1 aromatic carbocycles. The Morgan fingerprint density at radius 1 is 0.923 bits per heavy atom. The second-order valence-corrected chi connectivity index (χ2v) is 25.0. The number of benzene rings is 1. The number of esters is 1. The number of hydrogen-bond donors (Lipinski definition) is 1. The Labute approximate surface area is 385 Å². The molecule has 4 fully saturated rings. The second-order valence-electron chi connectivity index (χ2n) is 21.2. The lowest BCUT2D eigenvalue weighted by molar-refractivity contribution is -0.156. The van der Waals surface area contributed by atoms with Crippen molar-refractivity contribution in [3.8, 4) is 0 Å². The Bertz CT molecular complexity index is 2290. The Hall–Kier alpha value is -3.01. The van der Waals surface area contributed by atoms with E-state index in [1.54, 1.807) is 6.08 Å². The number of rotatable bonds is 11. The molecule has 362 valence electrons. The van der Waals surface area contributed by atoms with Gasteiger partial charge in [0.15, 0.2) is 9.84 Å². The number of alkyl halides is 4. The normalized spacial score (nSPS) is 34.3. The van der Waals surface area contributed by atoms with Crippen molar-refractivity contribution in [3.63, 3.8) is 0 Å². The number of nitrogens with one attached hydrogen (secondary N) is 1. The van der Waals surface area contributed by atoms with Crippen LogP contribution in [0.2, 0.25) is 0 Å². The molecule has 0 radical (unpaired) electrons. The smallest absolute Gasteiger partial charge is 0.461 e. The molecule has 1 N–H and O–H groups in total. The number of nitrogens with zero attached hydrogens (tertiary/aromatic N) is 1. The predicted octanol–water partition coefficient (Wildman–Crippen LogP) is 10.0. The van der Waals surface area contributed by atoms with Crippen LogP contribution in [0.3, 0.4) is 0 Å². The monoisotopic (exact) mass is 950 g/mol. The topological polar surface area (TPSA) is 119 Å². The molecule has 0 spiro atoms. The molecule has 0 bridgehead atoms. The zero-order valence-corrected chi connectivity index (χ0v) is 40.9. The van der Waals surface area contributed by atoms with E-state index in [0.717, 1.165) is 62.5 Å². The fraction of sp³-hybridized carbons (Fsp3) is 0.700. The summed E-state index contributed by atoms with van der Waals surface area (Å²) in [5.41, 5.74) is -1.23. The molecular formula is C50H70F4N2O7S2. The molecule has 9 nitrogen and oxygen atoms in total. The van der Waals surface area contributed by atoms with Gasteiger partial charge in [-0.1, -0.05) is 84.0 Å². The number of hydrogen-bond acceptors (Lipinski definition) is 9. The third-order valence-corrected chi connectivity index (χ3v) is 19.7. The lowest BCUT2D eigenvalue weighted by atomic mass is 9.37. The SMILES string of the molecule is CC(C)C1=C2C3CCC4C(C)(CCC5C(C)(C)C(C6=CCC(C(=O)OCc7ccccc7)CC6)=CCC54C)C3CCC2(NCCN2CCS(=O)(=O)CC2)C=C1OS(=O)(=O)C(F)(F)F.CF. The highest BCUT2D eigenvalue weighted by atomic mass is 32.2. The first-order chi connectivity index (χ1) is 30.5. The van der Waals surface area contributed by atoms with Crippen LogP contribution in [0.4, 0.5) is 17.6 Å². The van der Waals surface area contributed by atoms with Gasteiger partial charge >= 0.3 is 21.6 Å². The highest BCUT2D eigenvalue weighted by molar-refractivity contribution is 7.91. The molecule has 8 unspecified atom stereocenters. The van der Waals surface area contributed by atoms with E-state index < -0.39 is 31.0 Å². The summed E-state index contributed by atoms with van der Waals surface area (Å²) in [6.07, 6.45) is 15.0. The highest BCUT2D eigenvalue weighted by Crippen LogP contribution is 2.72. The molecule has 15 heteroatoms. The predicted molar refractivity (Wildman–Crippen MR) is 245 cm³/mol. The molecule has 6 aliphatic carbocycles. The van der Waals surface area contributed by atoms with Crippen LogP contribution in [0.15, 0.2) is 76.6 Å². The molecule has 1 aliphatic heterocycles. The first-order valence-corrected chi connectivity index (χ1v) is 26.9. The number of allylic oxidation sites excluding steroid dienone is 5. The lowest BCUT2D eigenvalue weighted by Gasteiger charge is -2.68. The van der Waals surface area contributed by atoms with E-state index in [2.05, 4.69) is 50.1 Å². The summed E-state index contributed by atoms with van der Waals surface area (Å²) in [7, 11) is -8.48. The summed E-state index contributed by atoms with van der Waals surface area (Å²) < 4.78 is 111. The number of sulfone groups is 1. The molecule has 65 heavy (non-hydrogen) atoms. The van der Waals surface area contributed by atoms with Gasteiger partial charge in [-0.3, -0.25) is 9.18 Å². The number of ether oxygens (including phenoxy) is 1. The van der Waals surface area contributed by atoms with Crippen LogP contribution in [0.1, 0.15) is 111 Å². The Morgan fingerprint density at radius 3 is 2.25 bits per heavy atom. The molecule has 3 saturated carbocycles. The van der Waals surface area contributed by atoms with Crippen molar-refractivity contribution in [2.24, 2.45) is 51.8 Å². The van der Waals surface area contributed by atoms with Crippen molar-refractivity contribution in [1.82, 2.24) is 10.2 Å². The molecule has 1 heterocycles.